The summed E-state index contributed by atoms with van der Waals surface area (Å²) in [6.07, 6.45) is 0. The molecule has 2 N–H and O–H groups in total. The van der Waals surface area contributed by atoms with Crippen LogP contribution in [0.5, 0.6) is 0 Å². The van der Waals surface area contributed by atoms with Gasteiger partial charge in [-0.05, 0) is 48.5 Å². The molecule has 1 aromatic heterocycles. The summed E-state index contributed by atoms with van der Waals surface area (Å²) in [6, 6.07) is 21.0. The number of aromatic nitrogens is 2. The second-order valence-corrected chi connectivity index (χ2v) is 6.97. The predicted octanol–water partition coefficient (Wildman–Crippen LogP) is 5.07. The Morgan fingerprint density at radius 3 is 2.39 bits per heavy atom. The number of methoxy groups -OCH3 is 1. The molecule has 0 fully saturated rings. The average molecular weight is 433 g/mol. The molecule has 0 radical (unpaired) electrons. The molecule has 3 aromatic carbocycles. The maximum absolute atomic E-state index is 12.9. The number of ether oxygens (including phenoxy) is 1. The van der Waals surface area contributed by atoms with Crippen LogP contribution in [0.25, 0.3) is 10.9 Å². The highest BCUT2D eigenvalue weighted by Crippen LogP contribution is 2.25. The molecule has 7 nitrogen and oxygen atoms in total. The highest BCUT2D eigenvalue weighted by molar-refractivity contribution is 6.30. The van der Waals surface area contributed by atoms with Crippen molar-refractivity contribution in [3.05, 3.63) is 89.2 Å². The molecule has 0 aliphatic heterocycles. The Kier molecular flexibility index (Phi) is 5.77. The van der Waals surface area contributed by atoms with E-state index in [1.54, 1.807) is 42.5 Å². The quantitative estimate of drug-likeness (QED) is 0.428. The van der Waals surface area contributed by atoms with E-state index in [0.29, 0.717) is 22.0 Å². The summed E-state index contributed by atoms with van der Waals surface area (Å²) >= 11 is 5.96. The second-order valence-electron chi connectivity index (χ2n) is 6.54. The van der Waals surface area contributed by atoms with Gasteiger partial charge in [0.05, 0.1) is 23.9 Å². The van der Waals surface area contributed by atoms with Crippen LogP contribution >= 0.6 is 11.6 Å². The van der Waals surface area contributed by atoms with Gasteiger partial charge in [0, 0.05) is 16.1 Å². The first-order valence-corrected chi connectivity index (χ1v) is 9.71. The van der Waals surface area contributed by atoms with Gasteiger partial charge >= 0.3 is 5.97 Å². The molecule has 0 aliphatic rings. The summed E-state index contributed by atoms with van der Waals surface area (Å²) in [4.78, 5) is 33.7. The lowest BCUT2D eigenvalue weighted by atomic mass is 10.1. The number of esters is 1. The Labute approximate surface area is 183 Å². The number of carbonyl (C=O) groups excluding carboxylic acids is 2. The fourth-order valence-electron chi connectivity index (χ4n) is 3.00. The third-order valence-corrected chi connectivity index (χ3v) is 4.75. The van der Waals surface area contributed by atoms with Crippen LogP contribution in [0.4, 0.5) is 17.2 Å². The Morgan fingerprint density at radius 1 is 0.903 bits per heavy atom. The molecule has 0 spiro atoms. The molecule has 1 heterocycles. The molecular weight excluding hydrogens is 416 g/mol. The van der Waals surface area contributed by atoms with Crippen LogP contribution in [-0.2, 0) is 4.74 Å². The average Bonchev–Trinajstić information content (AvgIpc) is 2.80. The summed E-state index contributed by atoms with van der Waals surface area (Å²) in [5, 5.41) is 7.27. The van der Waals surface area contributed by atoms with Gasteiger partial charge in [0.25, 0.3) is 5.91 Å². The number of halogens is 1. The Hall–Kier alpha value is -3.97. The summed E-state index contributed by atoms with van der Waals surface area (Å²) in [7, 11) is 1.28. The number of rotatable bonds is 5. The second kappa shape index (κ2) is 8.81. The molecule has 0 saturated carbocycles. The lowest BCUT2D eigenvalue weighted by molar-refractivity contribution is 0.0602. The summed E-state index contributed by atoms with van der Waals surface area (Å²) in [6.45, 7) is 0. The first-order chi connectivity index (χ1) is 15.0. The summed E-state index contributed by atoms with van der Waals surface area (Å²) in [5.74, 6) is -0.684. The Morgan fingerprint density at radius 2 is 1.61 bits per heavy atom. The zero-order valence-electron chi connectivity index (χ0n) is 16.4. The number of benzene rings is 3. The monoisotopic (exact) mass is 432 g/mol. The van der Waals surface area contributed by atoms with E-state index in [4.69, 9.17) is 16.3 Å². The van der Waals surface area contributed by atoms with Crippen molar-refractivity contribution in [3.8, 4) is 0 Å². The highest BCUT2D eigenvalue weighted by Gasteiger charge is 2.18. The molecular formula is C23H17ClN4O3. The minimum atomic E-state index is -0.555. The van der Waals surface area contributed by atoms with Crippen molar-refractivity contribution in [3.63, 3.8) is 0 Å². The summed E-state index contributed by atoms with van der Waals surface area (Å²) in [5.41, 5.74) is 1.90. The van der Waals surface area contributed by atoms with Crippen LogP contribution < -0.4 is 10.6 Å². The SMILES string of the molecule is COC(=O)c1ccccc1NC(=O)c1nc(Nc2ccc(Cl)cc2)c2ccccc2n1. The van der Waals surface area contributed by atoms with Crippen LogP contribution in [0.1, 0.15) is 21.0 Å². The van der Waals surface area contributed by atoms with E-state index < -0.39 is 11.9 Å². The van der Waals surface area contributed by atoms with E-state index >= 15 is 0 Å². The van der Waals surface area contributed by atoms with Crippen LogP contribution in [0.2, 0.25) is 5.02 Å². The molecule has 0 bridgehead atoms. The van der Waals surface area contributed by atoms with Gasteiger partial charge in [-0.3, -0.25) is 4.79 Å². The fourth-order valence-corrected chi connectivity index (χ4v) is 3.13. The zero-order valence-corrected chi connectivity index (χ0v) is 17.2. The van der Waals surface area contributed by atoms with Gasteiger partial charge in [-0.1, -0.05) is 35.9 Å². The Bertz CT molecular complexity index is 1280. The zero-order chi connectivity index (χ0) is 21.8. The van der Waals surface area contributed by atoms with Crippen LogP contribution in [0.15, 0.2) is 72.8 Å². The Balaban J connectivity index is 1.70. The molecule has 0 aliphatic carbocycles. The fraction of sp³-hybridized carbons (Fsp3) is 0.0435. The van der Waals surface area contributed by atoms with Crippen LogP contribution in [0.3, 0.4) is 0 Å². The minimum Gasteiger partial charge on any atom is -0.465 e. The van der Waals surface area contributed by atoms with Crippen molar-refractivity contribution in [2.24, 2.45) is 0 Å². The molecule has 8 heteroatoms. The number of carbonyl (C=O) groups is 2. The van der Waals surface area contributed by atoms with Crippen molar-refractivity contribution in [2.75, 3.05) is 17.7 Å². The van der Waals surface area contributed by atoms with Crippen LogP contribution in [0, 0.1) is 0 Å². The van der Waals surface area contributed by atoms with Crippen molar-refractivity contribution in [2.45, 2.75) is 0 Å². The lowest BCUT2D eigenvalue weighted by Crippen LogP contribution is -2.18. The third-order valence-electron chi connectivity index (χ3n) is 4.49. The molecule has 0 atom stereocenters. The molecule has 31 heavy (non-hydrogen) atoms. The molecule has 4 aromatic rings. The number of hydrogen-bond acceptors (Lipinski definition) is 6. The standard InChI is InChI=1S/C23H17ClN4O3/c1-31-23(30)17-7-3-5-9-19(17)27-22(29)21-26-18-8-4-2-6-16(18)20(28-21)25-15-12-10-14(24)11-13-15/h2-13H,1H3,(H,27,29)(H,25,26,28). The van der Waals surface area contributed by atoms with Gasteiger partial charge in [0.2, 0.25) is 5.82 Å². The normalized spacial score (nSPS) is 10.5. The number of hydrogen-bond donors (Lipinski definition) is 2. The summed E-state index contributed by atoms with van der Waals surface area (Å²) < 4.78 is 4.77. The highest BCUT2D eigenvalue weighted by atomic mass is 35.5. The molecule has 1 amide bonds. The molecule has 4 rings (SSSR count). The van der Waals surface area contributed by atoms with Gasteiger partial charge in [-0.15, -0.1) is 0 Å². The van der Waals surface area contributed by atoms with E-state index in [-0.39, 0.29) is 11.4 Å². The van der Waals surface area contributed by atoms with Gasteiger partial charge in [-0.25, -0.2) is 14.8 Å². The minimum absolute atomic E-state index is 0.0465. The number of nitrogens with zero attached hydrogens (tertiary/aromatic N) is 2. The van der Waals surface area contributed by atoms with Gasteiger partial charge in [0.15, 0.2) is 0 Å². The first-order valence-electron chi connectivity index (χ1n) is 9.33. The van der Waals surface area contributed by atoms with Gasteiger partial charge in [0.1, 0.15) is 5.82 Å². The van der Waals surface area contributed by atoms with E-state index in [0.717, 1.165) is 11.1 Å². The molecule has 0 saturated heterocycles. The van der Waals surface area contributed by atoms with Crippen molar-refractivity contribution >= 4 is 51.6 Å². The topological polar surface area (TPSA) is 93.2 Å². The number of amides is 1. The number of anilines is 3. The van der Waals surface area contributed by atoms with Crippen LogP contribution in [-0.4, -0.2) is 29.0 Å². The van der Waals surface area contributed by atoms with Gasteiger partial charge in [-0.2, -0.15) is 0 Å². The maximum Gasteiger partial charge on any atom is 0.339 e. The van der Waals surface area contributed by atoms with E-state index in [2.05, 4.69) is 20.6 Å². The lowest BCUT2D eigenvalue weighted by Gasteiger charge is -2.12. The number of para-hydroxylation sites is 2. The number of nitrogens with one attached hydrogen (secondary N) is 2. The predicted molar refractivity (Wildman–Crippen MR) is 120 cm³/mol. The maximum atomic E-state index is 12.9. The molecule has 0 unspecified atom stereocenters. The van der Waals surface area contributed by atoms with Crippen molar-refractivity contribution in [1.82, 2.24) is 9.97 Å². The van der Waals surface area contributed by atoms with Crippen molar-refractivity contribution < 1.29 is 14.3 Å². The number of fused-ring (bicyclic) bond motifs is 1. The molecule has 154 valence electrons. The third kappa shape index (κ3) is 4.46. The largest absolute Gasteiger partial charge is 0.465 e. The van der Waals surface area contributed by atoms with E-state index in [1.165, 1.54) is 7.11 Å². The first kappa shape index (κ1) is 20.3. The smallest absolute Gasteiger partial charge is 0.339 e. The van der Waals surface area contributed by atoms with Crippen molar-refractivity contribution in [1.29, 1.82) is 0 Å². The van der Waals surface area contributed by atoms with Gasteiger partial charge < -0.3 is 15.4 Å². The van der Waals surface area contributed by atoms with E-state index in [1.807, 2.05) is 30.3 Å². The van der Waals surface area contributed by atoms with E-state index in [9.17, 15) is 9.59 Å².